The Hall–Kier alpha value is -0.970. The van der Waals surface area contributed by atoms with Gasteiger partial charge in [0.05, 0.1) is 0 Å². The molecule has 0 heterocycles. The molecule has 0 aromatic carbocycles. The van der Waals surface area contributed by atoms with Crippen LogP contribution in [0, 0.1) is 6.00 Å². The van der Waals surface area contributed by atoms with Crippen LogP contribution >= 0.6 is 11.6 Å². The van der Waals surface area contributed by atoms with Gasteiger partial charge in [-0.15, -0.1) is 0 Å². The molecule has 0 spiro atoms. The van der Waals surface area contributed by atoms with E-state index in [1.165, 1.54) is 0 Å². The number of amides is 1. The molecule has 0 aromatic heterocycles. The Labute approximate surface area is 87.6 Å². The molecule has 0 saturated heterocycles. The second kappa shape index (κ2) is 5.05. The summed E-state index contributed by atoms with van der Waals surface area (Å²) in [5.74, 6) is -0.642. The Morgan fingerprint density at radius 1 is 1.50 bits per heavy atom. The van der Waals surface area contributed by atoms with Crippen LogP contribution in [0.2, 0.25) is 0 Å². The second-order valence-electron chi connectivity index (χ2n) is 3.59. The van der Waals surface area contributed by atoms with Crippen LogP contribution in [0.5, 0.6) is 0 Å². The first-order valence-electron chi connectivity index (χ1n) is 3.91. The lowest BCUT2D eigenvalue weighted by molar-refractivity contribution is -0.155. The predicted molar refractivity (Wildman–Crippen MR) is 50.7 cm³/mol. The zero-order chi connectivity index (χ0) is 11.4. The van der Waals surface area contributed by atoms with Gasteiger partial charge in [0.25, 0.3) is 0 Å². The molecular weight excluding hydrogens is 210 g/mol. The highest BCUT2D eigenvalue weighted by Crippen LogP contribution is 2.08. The Kier molecular flexibility index (Phi) is 4.70. The monoisotopic (exact) mass is 222 g/mol. The summed E-state index contributed by atoms with van der Waals surface area (Å²) >= 11 is 5.19. The van der Waals surface area contributed by atoms with Crippen LogP contribution in [0.15, 0.2) is 0 Å². The molecular formula is C8H13ClNO4. The van der Waals surface area contributed by atoms with Gasteiger partial charge in [-0.05, 0) is 20.8 Å². The molecule has 81 valence electrons. The number of carboxylic acid groups (broad SMARTS) is 1. The van der Waals surface area contributed by atoms with E-state index in [4.69, 9.17) is 21.4 Å². The van der Waals surface area contributed by atoms with Crippen molar-refractivity contribution >= 4 is 23.7 Å². The topological polar surface area (TPSA) is 66.8 Å². The first-order valence-corrected chi connectivity index (χ1v) is 4.35. The first kappa shape index (κ1) is 13.0. The summed E-state index contributed by atoms with van der Waals surface area (Å²) in [4.78, 5) is 22.2. The molecule has 0 atom stereocenters. The maximum atomic E-state index is 11.1. The van der Waals surface area contributed by atoms with Gasteiger partial charge in [0.1, 0.15) is 18.1 Å². The van der Waals surface area contributed by atoms with E-state index in [2.05, 4.69) is 0 Å². The number of rotatable bonds is 3. The second-order valence-corrected chi connectivity index (χ2v) is 3.79. The summed E-state index contributed by atoms with van der Waals surface area (Å²) < 4.78 is 4.90. The van der Waals surface area contributed by atoms with Crippen molar-refractivity contribution in [1.29, 1.82) is 0 Å². The average Bonchev–Trinajstić information content (AvgIpc) is 1.96. The Morgan fingerprint density at radius 2 is 2.00 bits per heavy atom. The molecule has 0 bridgehead atoms. The summed E-state index contributed by atoms with van der Waals surface area (Å²) in [6, 6.07) is 0.784. The van der Waals surface area contributed by atoms with Crippen LogP contribution in [0.25, 0.3) is 0 Å². The smallest absolute Gasteiger partial charge is 0.409 e. The van der Waals surface area contributed by atoms with Crippen LogP contribution in [0.3, 0.4) is 0 Å². The fourth-order valence-electron chi connectivity index (χ4n) is 0.657. The minimum absolute atomic E-state index is 0.407. The number of nitrogens with zero attached hydrogens (tertiary/aromatic N) is 1. The van der Waals surface area contributed by atoms with Crippen LogP contribution in [-0.4, -0.2) is 34.2 Å². The molecule has 6 heteroatoms. The maximum absolute atomic E-state index is 11.1. The molecule has 0 fully saturated rings. The summed E-state index contributed by atoms with van der Waals surface area (Å²) in [5, 5.41) is 8.52. The van der Waals surface area contributed by atoms with E-state index in [1.807, 2.05) is 0 Å². The van der Waals surface area contributed by atoms with Gasteiger partial charge in [-0.2, -0.15) is 0 Å². The number of hydrogen-bond acceptors (Lipinski definition) is 3. The van der Waals surface area contributed by atoms with Crippen molar-refractivity contribution in [1.82, 2.24) is 4.90 Å². The third kappa shape index (κ3) is 5.64. The summed E-state index contributed by atoms with van der Waals surface area (Å²) in [7, 11) is 0. The van der Waals surface area contributed by atoms with E-state index in [0.717, 1.165) is 6.00 Å². The molecule has 1 radical (unpaired) electrons. The number of carbonyl (C=O) groups excluding carboxylic acids is 1. The molecule has 0 unspecified atom stereocenters. The number of halogens is 1. The maximum Gasteiger partial charge on any atom is 0.409 e. The van der Waals surface area contributed by atoms with E-state index < -0.39 is 24.2 Å². The van der Waals surface area contributed by atoms with Gasteiger partial charge in [0, 0.05) is 0 Å². The van der Waals surface area contributed by atoms with E-state index in [9.17, 15) is 9.59 Å². The SMILES string of the molecule is CC(C)(C)OC(=O)CN([CH]Cl)C(=O)O. The van der Waals surface area contributed by atoms with Gasteiger partial charge in [-0.1, -0.05) is 11.6 Å². The van der Waals surface area contributed by atoms with Crippen molar-refractivity contribution in [3.8, 4) is 0 Å². The van der Waals surface area contributed by atoms with Crippen LogP contribution in [-0.2, 0) is 9.53 Å². The summed E-state index contributed by atoms with van der Waals surface area (Å²) in [5.41, 5.74) is -0.631. The highest BCUT2D eigenvalue weighted by Gasteiger charge is 2.21. The van der Waals surface area contributed by atoms with Crippen molar-refractivity contribution in [3.63, 3.8) is 0 Å². The van der Waals surface area contributed by atoms with Gasteiger partial charge >= 0.3 is 12.1 Å². The molecule has 0 saturated carbocycles. The molecule has 0 aromatic rings. The van der Waals surface area contributed by atoms with Gasteiger partial charge < -0.3 is 9.84 Å². The fourth-order valence-corrected chi connectivity index (χ4v) is 0.809. The minimum Gasteiger partial charge on any atom is -0.465 e. The Balaban J connectivity index is 4.11. The third-order valence-electron chi connectivity index (χ3n) is 1.08. The first-order chi connectivity index (χ1) is 6.26. The van der Waals surface area contributed by atoms with Crippen molar-refractivity contribution in [3.05, 3.63) is 6.00 Å². The lowest BCUT2D eigenvalue weighted by atomic mass is 10.2. The zero-order valence-corrected chi connectivity index (χ0v) is 9.04. The number of hydrogen-bond donors (Lipinski definition) is 1. The van der Waals surface area contributed by atoms with Crippen molar-refractivity contribution in [2.45, 2.75) is 26.4 Å². The molecule has 0 aliphatic rings. The highest BCUT2D eigenvalue weighted by atomic mass is 35.5. The van der Waals surface area contributed by atoms with E-state index in [1.54, 1.807) is 20.8 Å². The molecule has 0 aliphatic carbocycles. The lowest BCUT2D eigenvalue weighted by Crippen LogP contribution is -2.35. The van der Waals surface area contributed by atoms with Gasteiger partial charge in [-0.3, -0.25) is 9.69 Å². The normalized spacial score (nSPS) is 10.9. The lowest BCUT2D eigenvalue weighted by Gasteiger charge is -2.21. The van der Waals surface area contributed by atoms with Gasteiger partial charge in [0.2, 0.25) is 0 Å². The van der Waals surface area contributed by atoms with Gasteiger partial charge in [-0.25, -0.2) is 4.79 Å². The van der Waals surface area contributed by atoms with E-state index >= 15 is 0 Å². The van der Waals surface area contributed by atoms with Crippen molar-refractivity contribution in [2.75, 3.05) is 6.54 Å². The van der Waals surface area contributed by atoms with Crippen molar-refractivity contribution in [2.24, 2.45) is 0 Å². The summed E-state index contributed by atoms with van der Waals surface area (Å²) in [6.45, 7) is 4.68. The van der Waals surface area contributed by atoms with Crippen LogP contribution in [0.4, 0.5) is 4.79 Å². The predicted octanol–water partition coefficient (Wildman–Crippen LogP) is 1.67. The number of carbonyl (C=O) groups is 2. The number of esters is 1. The van der Waals surface area contributed by atoms with Crippen molar-refractivity contribution < 1.29 is 19.4 Å². The Morgan fingerprint density at radius 3 is 2.29 bits per heavy atom. The average molecular weight is 223 g/mol. The van der Waals surface area contributed by atoms with Gasteiger partial charge in [0.15, 0.2) is 0 Å². The zero-order valence-electron chi connectivity index (χ0n) is 8.28. The Bertz CT molecular complexity index is 224. The third-order valence-corrected chi connectivity index (χ3v) is 1.32. The van der Waals surface area contributed by atoms with Crippen LogP contribution < -0.4 is 0 Å². The number of ether oxygens (including phenoxy) is 1. The minimum atomic E-state index is -1.30. The fraction of sp³-hybridized carbons (Fsp3) is 0.625. The molecule has 14 heavy (non-hydrogen) atoms. The molecule has 0 rings (SSSR count). The molecule has 1 N–H and O–H groups in total. The highest BCUT2D eigenvalue weighted by molar-refractivity contribution is 6.23. The van der Waals surface area contributed by atoms with Crippen LogP contribution in [0.1, 0.15) is 20.8 Å². The standard InChI is InChI=1S/C8H13ClNO4/c1-8(2,3)14-6(11)4-10(5-9)7(12)13/h5H,4H2,1-3H3,(H,12,13). The molecule has 5 nitrogen and oxygen atoms in total. The van der Waals surface area contributed by atoms with E-state index in [-0.39, 0.29) is 0 Å². The van der Waals surface area contributed by atoms with E-state index in [0.29, 0.717) is 4.90 Å². The molecule has 0 aliphatic heterocycles. The quantitative estimate of drug-likeness (QED) is 0.583. The largest absolute Gasteiger partial charge is 0.465 e. The summed E-state index contributed by atoms with van der Waals surface area (Å²) in [6.07, 6.45) is -1.30. The molecule has 1 amide bonds.